The monoisotopic (exact) mass is 443 g/mol. The van der Waals surface area contributed by atoms with E-state index in [0.717, 1.165) is 45.0 Å². The number of nitrogens with zero attached hydrogens (tertiary/aromatic N) is 3. The van der Waals surface area contributed by atoms with Crippen LogP contribution in [0, 0.1) is 24.7 Å². The first-order valence-corrected chi connectivity index (χ1v) is 13.4. The third kappa shape index (κ3) is 4.89. The Morgan fingerprint density at radius 1 is 1.10 bits per heavy atom. The van der Waals surface area contributed by atoms with Gasteiger partial charge >= 0.3 is 0 Å². The maximum Gasteiger partial charge on any atom is 0.175 e. The molecule has 4 atom stereocenters. The molecule has 1 aromatic carbocycles. The second-order valence-electron chi connectivity index (χ2n) is 9.98. The number of aromatic nitrogens is 2. The highest BCUT2D eigenvalue weighted by Crippen LogP contribution is 2.43. The van der Waals surface area contributed by atoms with Crippen molar-refractivity contribution >= 4 is 9.84 Å². The first-order valence-electron chi connectivity index (χ1n) is 11.5. The SMILES string of the molecule is Cc1cnn([C@H]2C[C@H]3CN(Cc4ccc(S(C)(=O)=O)cc4)C[C@H]3C[C@@H]2OCC2CC2)c1. The molecule has 1 aromatic heterocycles. The molecule has 0 spiro atoms. The Labute approximate surface area is 185 Å². The molecule has 6 nitrogen and oxygen atoms in total. The number of likely N-dealkylation sites (tertiary alicyclic amines) is 1. The molecule has 168 valence electrons. The number of hydrogen-bond donors (Lipinski definition) is 0. The Hall–Kier alpha value is -1.70. The van der Waals surface area contributed by atoms with E-state index in [1.54, 1.807) is 12.1 Å². The van der Waals surface area contributed by atoms with Crippen LogP contribution >= 0.6 is 0 Å². The Balaban J connectivity index is 1.26. The van der Waals surface area contributed by atoms with Crippen molar-refractivity contribution in [3.63, 3.8) is 0 Å². The summed E-state index contributed by atoms with van der Waals surface area (Å²) in [5.74, 6) is 2.09. The average Bonchev–Trinajstić information content (AvgIpc) is 3.33. The average molecular weight is 444 g/mol. The maximum atomic E-state index is 11.7. The Bertz CT molecular complexity index is 1010. The van der Waals surface area contributed by atoms with Gasteiger partial charge in [0.1, 0.15) is 0 Å². The fraction of sp³-hybridized carbons (Fsp3) is 0.625. The highest BCUT2D eigenvalue weighted by molar-refractivity contribution is 7.90. The molecule has 2 aromatic rings. The summed E-state index contributed by atoms with van der Waals surface area (Å²) < 4.78 is 32.0. The molecule has 3 fully saturated rings. The quantitative estimate of drug-likeness (QED) is 0.656. The van der Waals surface area contributed by atoms with Gasteiger partial charge in [-0.3, -0.25) is 9.58 Å². The van der Waals surface area contributed by atoms with Crippen molar-refractivity contribution in [2.45, 2.75) is 56.2 Å². The van der Waals surface area contributed by atoms with E-state index in [1.165, 1.54) is 30.2 Å². The number of sulfone groups is 1. The normalized spacial score (nSPS) is 29.2. The molecule has 2 saturated carbocycles. The molecular weight excluding hydrogens is 410 g/mol. The minimum Gasteiger partial charge on any atom is -0.376 e. The van der Waals surface area contributed by atoms with Gasteiger partial charge in [-0.25, -0.2) is 8.42 Å². The number of aryl methyl sites for hydroxylation is 1. The summed E-state index contributed by atoms with van der Waals surface area (Å²) in [6.07, 6.45) is 10.5. The number of rotatable bonds is 7. The van der Waals surface area contributed by atoms with E-state index in [2.05, 4.69) is 27.8 Å². The fourth-order valence-electron chi connectivity index (χ4n) is 5.33. The summed E-state index contributed by atoms with van der Waals surface area (Å²) in [5, 5.41) is 4.64. The lowest BCUT2D eigenvalue weighted by atomic mass is 9.77. The minimum atomic E-state index is -3.14. The lowest BCUT2D eigenvalue weighted by Crippen LogP contribution is -2.38. The van der Waals surface area contributed by atoms with Crippen LogP contribution in [0.3, 0.4) is 0 Å². The summed E-state index contributed by atoms with van der Waals surface area (Å²) in [5.41, 5.74) is 2.38. The van der Waals surface area contributed by atoms with E-state index >= 15 is 0 Å². The Morgan fingerprint density at radius 2 is 1.81 bits per heavy atom. The molecule has 0 unspecified atom stereocenters. The van der Waals surface area contributed by atoms with Crippen molar-refractivity contribution in [3.05, 3.63) is 47.8 Å². The summed E-state index contributed by atoms with van der Waals surface area (Å²) in [4.78, 5) is 2.92. The number of hydrogen-bond acceptors (Lipinski definition) is 5. The molecule has 3 aliphatic rings. The van der Waals surface area contributed by atoms with Gasteiger partial charge in [-0.1, -0.05) is 12.1 Å². The van der Waals surface area contributed by atoms with Gasteiger partial charge in [0.2, 0.25) is 0 Å². The van der Waals surface area contributed by atoms with E-state index in [0.29, 0.717) is 22.8 Å². The standard InChI is InChI=1S/C24H33N3O3S/c1-17-11-25-27(12-17)23-9-20-14-26(13-18-5-7-22(8-6-18)31(2,28)29)15-21(20)10-24(23)30-16-19-3-4-19/h5-8,11-12,19-21,23-24H,3-4,9-10,13-16H2,1-2H3/t20-,21+,23-,24-/m0/s1. The van der Waals surface area contributed by atoms with Gasteiger partial charge in [-0.15, -0.1) is 0 Å². The molecule has 1 aliphatic heterocycles. The minimum absolute atomic E-state index is 0.246. The van der Waals surface area contributed by atoms with Crippen LogP contribution in [0.1, 0.15) is 42.9 Å². The van der Waals surface area contributed by atoms with Crippen LogP contribution < -0.4 is 0 Å². The second kappa shape index (κ2) is 8.34. The van der Waals surface area contributed by atoms with E-state index in [9.17, 15) is 8.42 Å². The van der Waals surface area contributed by atoms with Crippen molar-refractivity contribution in [1.82, 2.24) is 14.7 Å². The molecule has 1 saturated heterocycles. The predicted octanol–water partition coefficient (Wildman–Crippen LogP) is 3.47. The first kappa shape index (κ1) is 21.2. The highest BCUT2D eigenvalue weighted by atomic mass is 32.2. The molecule has 0 radical (unpaired) electrons. The van der Waals surface area contributed by atoms with Crippen LogP contribution in [0.5, 0.6) is 0 Å². The van der Waals surface area contributed by atoms with Gasteiger partial charge in [0.15, 0.2) is 9.84 Å². The van der Waals surface area contributed by atoms with Crippen LogP contribution in [0.2, 0.25) is 0 Å². The first-order chi connectivity index (χ1) is 14.8. The third-order valence-corrected chi connectivity index (χ3v) is 8.36. The van der Waals surface area contributed by atoms with Crippen molar-refractivity contribution in [2.75, 3.05) is 26.0 Å². The highest BCUT2D eigenvalue weighted by Gasteiger charge is 2.44. The molecule has 0 bridgehead atoms. The molecular formula is C24H33N3O3S. The van der Waals surface area contributed by atoms with E-state index < -0.39 is 9.84 Å². The molecule has 2 aliphatic carbocycles. The molecule has 31 heavy (non-hydrogen) atoms. The topological polar surface area (TPSA) is 64.4 Å². The van der Waals surface area contributed by atoms with Crippen molar-refractivity contribution in [2.24, 2.45) is 17.8 Å². The van der Waals surface area contributed by atoms with Gasteiger partial charge < -0.3 is 4.74 Å². The van der Waals surface area contributed by atoms with E-state index in [1.807, 2.05) is 18.3 Å². The molecule has 5 rings (SSSR count). The third-order valence-electron chi connectivity index (χ3n) is 7.23. The summed E-state index contributed by atoms with van der Waals surface area (Å²) in [6.45, 7) is 6.05. The van der Waals surface area contributed by atoms with Gasteiger partial charge in [0.25, 0.3) is 0 Å². The maximum absolute atomic E-state index is 11.7. The largest absolute Gasteiger partial charge is 0.376 e. The van der Waals surface area contributed by atoms with Crippen molar-refractivity contribution in [3.8, 4) is 0 Å². The number of fused-ring (bicyclic) bond motifs is 1. The zero-order valence-corrected chi connectivity index (χ0v) is 19.3. The van der Waals surface area contributed by atoms with Crippen LogP contribution in [-0.4, -0.2) is 55.2 Å². The Morgan fingerprint density at radius 3 is 2.42 bits per heavy atom. The van der Waals surface area contributed by atoms with Gasteiger partial charge in [-0.2, -0.15) is 5.10 Å². The summed E-state index contributed by atoms with van der Waals surface area (Å²) in [6, 6.07) is 7.68. The van der Waals surface area contributed by atoms with Crippen LogP contribution in [0.4, 0.5) is 0 Å². The lowest BCUT2D eigenvalue weighted by molar-refractivity contribution is -0.0371. The Kier molecular flexibility index (Phi) is 5.69. The second-order valence-corrected chi connectivity index (χ2v) is 12.0. The smallest absolute Gasteiger partial charge is 0.175 e. The van der Waals surface area contributed by atoms with Gasteiger partial charge in [0, 0.05) is 38.7 Å². The fourth-order valence-corrected chi connectivity index (χ4v) is 5.96. The van der Waals surface area contributed by atoms with Gasteiger partial charge in [0.05, 0.1) is 23.2 Å². The molecule has 0 amide bonds. The summed E-state index contributed by atoms with van der Waals surface area (Å²) >= 11 is 0. The molecule has 2 heterocycles. The molecule has 0 N–H and O–H groups in total. The number of ether oxygens (including phenoxy) is 1. The van der Waals surface area contributed by atoms with Crippen molar-refractivity contribution < 1.29 is 13.2 Å². The van der Waals surface area contributed by atoms with Crippen LogP contribution in [0.15, 0.2) is 41.6 Å². The number of benzene rings is 1. The predicted molar refractivity (Wildman–Crippen MR) is 120 cm³/mol. The zero-order valence-electron chi connectivity index (χ0n) is 18.5. The summed E-state index contributed by atoms with van der Waals surface area (Å²) in [7, 11) is -3.14. The van der Waals surface area contributed by atoms with Crippen molar-refractivity contribution in [1.29, 1.82) is 0 Å². The van der Waals surface area contributed by atoms with Gasteiger partial charge in [-0.05, 0) is 73.6 Å². The zero-order chi connectivity index (χ0) is 21.6. The lowest BCUT2D eigenvalue weighted by Gasteiger charge is -2.38. The van der Waals surface area contributed by atoms with Crippen LogP contribution in [0.25, 0.3) is 0 Å². The molecule has 7 heteroatoms. The van der Waals surface area contributed by atoms with Crippen LogP contribution in [-0.2, 0) is 21.1 Å². The van der Waals surface area contributed by atoms with E-state index in [4.69, 9.17) is 4.74 Å². The van der Waals surface area contributed by atoms with E-state index in [-0.39, 0.29) is 6.10 Å².